The first-order valence-corrected chi connectivity index (χ1v) is 9.30. The molecule has 1 saturated heterocycles. The summed E-state index contributed by atoms with van der Waals surface area (Å²) in [6.07, 6.45) is 0.524. The molecule has 20 heavy (non-hydrogen) atoms. The van der Waals surface area contributed by atoms with Gasteiger partial charge in [0.1, 0.15) is 0 Å². The van der Waals surface area contributed by atoms with Crippen LogP contribution in [0.15, 0.2) is 29.2 Å². The quantitative estimate of drug-likeness (QED) is 0.861. The second-order valence-corrected chi connectivity index (χ2v) is 8.83. The van der Waals surface area contributed by atoms with Crippen molar-refractivity contribution in [3.8, 4) is 0 Å². The summed E-state index contributed by atoms with van der Waals surface area (Å²) in [4.78, 5) is 13.1. The average Bonchev–Trinajstić information content (AvgIpc) is 2.68. The third-order valence-corrected chi connectivity index (χ3v) is 6.11. The summed E-state index contributed by atoms with van der Waals surface area (Å²) in [5.41, 5.74) is 1.16. The Balaban J connectivity index is 1.89. The SMILES string of the molecule is Cc1cccc(S[C@H](C)C(=O)N[C@H]2CCS(=O)(=O)C2)c1. The highest BCUT2D eigenvalue weighted by Gasteiger charge is 2.30. The maximum Gasteiger partial charge on any atom is 0.233 e. The van der Waals surface area contributed by atoms with Crippen molar-refractivity contribution in [3.63, 3.8) is 0 Å². The second kappa shape index (κ2) is 6.18. The summed E-state index contributed by atoms with van der Waals surface area (Å²) in [7, 11) is -2.95. The van der Waals surface area contributed by atoms with Gasteiger partial charge in [0.25, 0.3) is 0 Å². The first-order valence-electron chi connectivity index (χ1n) is 6.60. The van der Waals surface area contributed by atoms with E-state index in [1.165, 1.54) is 11.8 Å². The summed E-state index contributed by atoms with van der Waals surface area (Å²) in [6, 6.07) is 7.76. The van der Waals surface area contributed by atoms with Gasteiger partial charge in [-0.15, -0.1) is 11.8 Å². The largest absolute Gasteiger partial charge is 0.351 e. The van der Waals surface area contributed by atoms with Gasteiger partial charge in [-0.1, -0.05) is 17.7 Å². The van der Waals surface area contributed by atoms with Crippen LogP contribution in [-0.2, 0) is 14.6 Å². The van der Waals surface area contributed by atoms with E-state index in [1.807, 2.05) is 38.1 Å². The van der Waals surface area contributed by atoms with E-state index >= 15 is 0 Å². The fourth-order valence-corrected chi connectivity index (χ4v) is 4.84. The molecular formula is C14H19NO3S2. The van der Waals surface area contributed by atoms with Crippen molar-refractivity contribution in [1.82, 2.24) is 5.32 Å². The summed E-state index contributed by atoms with van der Waals surface area (Å²) >= 11 is 1.49. The molecule has 0 spiro atoms. The molecule has 0 saturated carbocycles. The normalized spacial score (nSPS) is 22.4. The fourth-order valence-electron chi connectivity index (χ4n) is 2.17. The van der Waals surface area contributed by atoms with Crippen molar-refractivity contribution in [1.29, 1.82) is 0 Å². The summed E-state index contributed by atoms with van der Waals surface area (Å²) in [6.45, 7) is 3.85. The molecule has 4 nitrogen and oxygen atoms in total. The molecular weight excluding hydrogens is 294 g/mol. The molecule has 1 N–H and O–H groups in total. The number of aryl methyl sites for hydroxylation is 1. The number of thioether (sulfide) groups is 1. The molecule has 1 aromatic carbocycles. The van der Waals surface area contributed by atoms with Crippen LogP contribution in [0, 0.1) is 6.92 Å². The van der Waals surface area contributed by atoms with Crippen molar-refractivity contribution in [2.75, 3.05) is 11.5 Å². The van der Waals surface area contributed by atoms with E-state index in [9.17, 15) is 13.2 Å². The van der Waals surface area contributed by atoms with Gasteiger partial charge in [0.05, 0.1) is 16.8 Å². The predicted octanol–water partition coefficient (Wildman–Crippen LogP) is 1.78. The lowest BCUT2D eigenvalue weighted by atomic mass is 10.2. The average molecular weight is 313 g/mol. The van der Waals surface area contributed by atoms with Gasteiger partial charge in [0, 0.05) is 10.9 Å². The molecule has 1 aliphatic rings. The van der Waals surface area contributed by atoms with Gasteiger partial charge in [-0.05, 0) is 32.4 Å². The molecule has 1 fully saturated rings. The van der Waals surface area contributed by atoms with Crippen molar-refractivity contribution < 1.29 is 13.2 Å². The fraction of sp³-hybridized carbons (Fsp3) is 0.500. The van der Waals surface area contributed by atoms with E-state index in [0.29, 0.717) is 6.42 Å². The van der Waals surface area contributed by atoms with E-state index < -0.39 is 9.84 Å². The lowest BCUT2D eigenvalue weighted by Gasteiger charge is -2.15. The Kier molecular flexibility index (Phi) is 4.75. The van der Waals surface area contributed by atoms with Crippen LogP contribution in [0.3, 0.4) is 0 Å². The van der Waals surface area contributed by atoms with Crippen LogP contribution in [-0.4, -0.2) is 37.1 Å². The Bertz CT molecular complexity index is 598. The smallest absolute Gasteiger partial charge is 0.233 e. The molecule has 1 aromatic rings. The predicted molar refractivity (Wildman–Crippen MR) is 81.7 cm³/mol. The lowest BCUT2D eigenvalue weighted by molar-refractivity contribution is -0.120. The molecule has 0 aliphatic carbocycles. The van der Waals surface area contributed by atoms with Gasteiger partial charge in [-0.3, -0.25) is 4.79 Å². The molecule has 1 amide bonds. The van der Waals surface area contributed by atoms with Crippen molar-refractivity contribution in [2.45, 2.75) is 36.5 Å². The van der Waals surface area contributed by atoms with Crippen LogP contribution in [0.5, 0.6) is 0 Å². The third kappa shape index (κ3) is 4.24. The molecule has 0 unspecified atom stereocenters. The summed E-state index contributed by atoms with van der Waals surface area (Å²) in [5, 5.41) is 2.59. The van der Waals surface area contributed by atoms with Crippen LogP contribution >= 0.6 is 11.8 Å². The number of nitrogens with one attached hydrogen (secondary N) is 1. The highest BCUT2D eigenvalue weighted by atomic mass is 32.2. The lowest BCUT2D eigenvalue weighted by Crippen LogP contribution is -2.39. The van der Waals surface area contributed by atoms with Gasteiger partial charge in [-0.2, -0.15) is 0 Å². The highest BCUT2D eigenvalue weighted by Crippen LogP contribution is 2.24. The van der Waals surface area contributed by atoms with Gasteiger partial charge in [-0.25, -0.2) is 8.42 Å². The number of hydrogen-bond donors (Lipinski definition) is 1. The number of hydrogen-bond acceptors (Lipinski definition) is 4. The van der Waals surface area contributed by atoms with Crippen LogP contribution in [0.4, 0.5) is 0 Å². The van der Waals surface area contributed by atoms with Crippen LogP contribution in [0.25, 0.3) is 0 Å². The minimum absolute atomic E-state index is 0.0700. The summed E-state index contributed by atoms with van der Waals surface area (Å²) in [5.74, 6) is 0.149. The maximum absolute atomic E-state index is 12.1. The number of carbonyl (C=O) groups is 1. The minimum Gasteiger partial charge on any atom is -0.351 e. The highest BCUT2D eigenvalue weighted by molar-refractivity contribution is 8.00. The van der Waals surface area contributed by atoms with Crippen molar-refractivity contribution >= 4 is 27.5 Å². The Morgan fingerprint density at radius 2 is 2.20 bits per heavy atom. The number of amides is 1. The summed E-state index contributed by atoms with van der Waals surface area (Å²) < 4.78 is 22.7. The monoisotopic (exact) mass is 313 g/mol. The topological polar surface area (TPSA) is 63.2 Å². The van der Waals surface area contributed by atoms with Crippen molar-refractivity contribution in [2.24, 2.45) is 0 Å². The molecule has 0 aromatic heterocycles. The molecule has 1 aliphatic heterocycles. The molecule has 6 heteroatoms. The van der Waals surface area contributed by atoms with E-state index in [1.54, 1.807) is 0 Å². The number of sulfone groups is 1. The Morgan fingerprint density at radius 3 is 2.80 bits per heavy atom. The molecule has 1 heterocycles. The van der Waals surface area contributed by atoms with Gasteiger partial charge >= 0.3 is 0 Å². The number of benzene rings is 1. The minimum atomic E-state index is -2.95. The molecule has 110 valence electrons. The molecule has 0 bridgehead atoms. The zero-order valence-electron chi connectivity index (χ0n) is 11.6. The van der Waals surface area contributed by atoms with Crippen LogP contribution in [0.1, 0.15) is 18.9 Å². The van der Waals surface area contributed by atoms with Gasteiger partial charge in [0.2, 0.25) is 5.91 Å². The molecule has 0 radical (unpaired) electrons. The zero-order valence-corrected chi connectivity index (χ0v) is 13.3. The maximum atomic E-state index is 12.1. The first kappa shape index (κ1) is 15.4. The first-order chi connectivity index (χ1) is 9.35. The molecule has 2 atom stereocenters. The van der Waals surface area contributed by atoms with Gasteiger partial charge < -0.3 is 5.32 Å². The van der Waals surface area contributed by atoms with Crippen LogP contribution in [0.2, 0.25) is 0 Å². The van der Waals surface area contributed by atoms with Crippen molar-refractivity contribution in [3.05, 3.63) is 29.8 Å². The van der Waals surface area contributed by atoms with E-state index in [2.05, 4.69) is 5.32 Å². The standard InChI is InChI=1S/C14H19NO3S2/c1-10-4-3-5-13(8-10)19-11(2)14(16)15-12-6-7-20(17,18)9-12/h3-5,8,11-12H,6-7,9H2,1-2H3,(H,15,16)/t11-,12+/m1/s1. The van der Waals surface area contributed by atoms with E-state index in [-0.39, 0.29) is 28.7 Å². The van der Waals surface area contributed by atoms with E-state index in [0.717, 1.165) is 10.5 Å². The Morgan fingerprint density at radius 1 is 1.45 bits per heavy atom. The van der Waals surface area contributed by atoms with E-state index in [4.69, 9.17) is 0 Å². The second-order valence-electron chi connectivity index (χ2n) is 5.19. The van der Waals surface area contributed by atoms with Crippen LogP contribution < -0.4 is 5.32 Å². The molecule has 2 rings (SSSR count). The number of rotatable bonds is 4. The Hall–Kier alpha value is -1.01. The zero-order chi connectivity index (χ0) is 14.8. The third-order valence-electron chi connectivity index (χ3n) is 3.25. The number of carbonyl (C=O) groups excluding carboxylic acids is 1. The van der Waals surface area contributed by atoms with Gasteiger partial charge in [0.15, 0.2) is 9.84 Å². The Labute approximate surface area is 124 Å².